The molecule has 1 aromatic carbocycles. The summed E-state index contributed by atoms with van der Waals surface area (Å²) >= 11 is 6.46. The molecule has 1 aliphatic rings. The Balaban J connectivity index is 1.56. The normalized spacial score (nSPS) is 15.4. The molecule has 0 bridgehead atoms. The third-order valence-electron chi connectivity index (χ3n) is 3.86. The van der Waals surface area contributed by atoms with E-state index < -0.39 is 0 Å². The molecule has 0 spiro atoms. The maximum atomic E-state index is 12.6. The monoisotopic (exact) mass is 402 g/mol. The number of aromatic nitrogens is 2. The van der Waals surface area contributed by atoms with Crippen LogP contribution in [-0.2, 0) is 16.0 Å². The van der Waals surface area contributed by atoms with Crippen LogP contribution in [0.15, 0.2) is 41.7 Å². The Hall–Kier alpha value is -2.65. The first-order chi connectivity index (χ1) is 13.1. The van der Waals surface area contributed by atoms with E-state index in [-0.39, 0.29) is 18.4 Å². The first-order valence-corrected chi connectivity index (χ1v) is 9.42. The van der Waals surface area contributed by atoms with E-state index >= 15 is 0 Å². The highest BCUT2D eigenvalue weighted by molar-refractivity contribution is 8.26. The van der Waals surface area contributed by atoms with Crippen LogP contribution in [0.2, 0.25) is 0 Å². The number of H-pyrrole nitrogens is 1. The summed E-state index contributed by atoms with van der Waals surface area (Å²) in [6.45, 7) is 0.366. The number of carbonyl (C=O) groups is 2. The first-order valence-electron chi connectivity index (χ1n) is 8.20. The molecule has 0 atom stereocenters. The summed E-state index contributed by atoms with van der Waals surface area (Å²) < 4.78 is 5.50. The molecule has 1 saturated heterocycles. The Kier molecular flexibility index (Phi) is 6.25. The lowest BCUT2D eigenvalue weighted by Gasteiger charge is -2.14. The number of hydrogen-bond acceptors (Lipinski definition) is 6. The van der Waals surface area contributed by atoms with Crippen LogP contribution in [0.1, 0.15) is 11.3 Å². The van der Waals surface area contributed by atoms with Gasteiger partial charge in [-0.25, -0.2) is 4.98 Å². The van der Waals surface area contributed by atoms with Crippen LogP contribution in [0.5, 0.6) is 5.75 Å². The zero-order valence-electron chi connectivity index (χ0n) is 14.6. The van der Waals surface area contributed by atoms with E-state index in [1.165, 1.54) is 16.7 Å². The summed E-state index contributed by atoms with van der Waals surface area (Å²) in [6.07, 6.45) is 5.70. The third kappa shape index (κ3) is 4.95. The van der Waals surface area contributed by atoms with E-state index in [1.807, 2.05) is 24.3 Å². The summed E-state index contributed by atoms with van der Waals surface area (Å²) in [5, 5.41) is 2.78. The molecule has 7 nitrogen and oxygen atoms in total. The van der Waals surface area contributed by atoms with Crippen LogP contribution in [0, 0.1) is 0 Å². The van der Waals surface area contributed by atoms with Gasteiger partial charge in [0.25, 0.3) is 5.91 Å². The number of nitrogens with one attached hydrogen (secondary N) is 2. The zero-order chi connectivity index (χ0) is 19.2. The molecule has 1 aromatic heterocycles. The molecule has 1 aliphatic heterocycles. The van der Waals surface area contributed by atoms with Crippen LogP contribution in [-0.4, -0.2) is 51.2 Å². The Morgan fingerprint density at radius 3 is 2.85 bits per heavy atom. The molecule has 2 N–H and O–H groups in total. The third-order valence-corrected chi connectivity index (χ3v) is 5.24. The molecule has 0 unspecified atom stereocenters. The van der Waals surface area contributed by atoms with Gasteiger partial charge in [-0.05, 0) is 23.8 Å². The number of rotatable bonds is 7. The van der Waals surface area contributed by atoms with Gasteiger partial charge in [0.1, 0.15) is 16.6 Å². The maximum Gasteiger partial charge on any atom is 0.266 e. The average Bonchev–Trinajstić information content (AvgIpc) is 3.27. The summed E-state index contributed by atoms with van der Waals surface area (Å²) in [6, 6.07) is 7.35. The van der Waals surface area contributed by atoms with Gasteiger partial charge in [0.15, 0.2) is 0 Å². The number of ether oxygens (including phenoxy) is 1. The quantitative estimate of drug-likeness (QED) is 0.544. The molecule has 27 heavy (non-hydrogen) atoms. The summed E-state index contributed by atoms with van der Waals surface area (Å²) in [7, 11) is 1.60. The zero-order valence-corrected chi connectivity index (χ0v) is 16.2. The van der Waals surface area contributed by atoms with Gasteiger partial charge in [-0.3, -0.25) is 14.5 Å². The second kappa shape index (κ2) is 8.83. The lowest BCUT2D eigenvalue weighted by Crippen LogP contribution is -2.40. The van der Waals surface area contributed by atoms with E-state index in [0.717, 1.165) is 17.0 Å². The van der Waals surface area contributed by atoms with E-state index in [0.29, 0.717) is 22.2 Å². The van der Waals surface area contributed by atoms with Crippen molar-refractivity contribution in [2.45, 2.75) is 6.42 Å². The van der Waals surface area contributed by atoms with Gasteiger partial charge < -0.3 is 15.0 Å². The molecular weight excluding hydrogens is 384 g/mol. The maximum absolute atomic E-state index is 12.6. The lowest BCUT2D eigenvalue weighted by atomic mass is 10.2. The first kappa shape index (κ1) is 19.1. The second-order valence-electron chi connectivity index (χ2n) is 5.72. The fraction of sp³-hybridized carbons (Fsp3) is 0.222. The van der Waals surface area contributed by atoms with Gasteiger partial charge in [-0.1, -0.05) is 36.1 Å². The SMILES string of the molecule is COc1ccc(/C=C2\SC(=S)N(CC(=O)NCCc3cnc[nH]3)C2=O)cc1. The standard InChI is InChI=1S/C18H18N4O3S2/c1-25-14-4-2-12(3-5-14)8-15-17(24)22(18(26)27-15)10-16(23)20-7-6-13-9-19-11-21-13/h2-5,8-9,11H,6-7,10H2,1H3,(H,19,21)(H,20,23)/b15-8-. The number of thioether (sulfide) groups is 1. The van der Waals surface area contributed by atoms with E-state index in [1.54, 1.807) is 25.7 Å². The molecule has 0 aliphatic carbocycles. The predicted octanol–water partition coefficient (Wildman–Crippen LogP) is 1.98. The van der Waals surface area contributed by atoms with Crippen LogP contribution in [0.4, 0.5) is 0 Å². The van der Waals surface area contributed by atoms with Crippen LogP contribution >= 0.6 is 24.0 Å². The molecular formula is C18H18N4O3S2. The van der Waals surface area contributed by atoms with Crippen molar-refractivity contribution < 1.29 is 14.3 Å². The molecule has 2 heterocycles. The number of nitrogens with zero attached hydrogens (tertiary/aromatic N) is 2. The van der Waals surface area contributed by atoms with Crippen LogP contribution in [0.3, 0.4) is 0 Å². The largest absolute Gasteiger partial charge is 0.497 e. The molecule has 2 amide bonds. The minimum atomic E-state index is -0.260. The summed E-state index contributed by atoms with van der Waals surface area (Å²) in [4.78, 5) is 33.4. The Morgan fingerprint density at radius 1 is 1.41 bits per heavy atom. The van der Waals surface area contributed by atoms with Crippen LogP contribution in [0.25, 0.3) is 6.08 Å². The summed E-state index contributed by atoms with van der Waals surface area (Å²) in [5.41, 5.74) is 1.80. The van der Waals surface area contributed by atoms with Crippen molar-refractivity contribution in [1.29, 1.82) is 0 Å². The number of methoxy groups -OCH3 is 1. The molecule has 1 fully saturated rings. The van der Waals surface area contributed by atoms with E-state index in [2.05, 4.69) is 15.3 Å². The molecule has 3 rings (SSSR count). The van der Waals surface area contributed by atoms with E-state index in [9.17, 15) is 9.59 Å². The van der Waals surface area contributed by atoms with Crippen molar-refractivity contribution in [2.75, 3.05) is 20.2 Å². The van der Waals surface area contributed by atoms with E-state index in [4.69, 9.17) is 17.0 Å². The van der Waals surface area contributed by atoms with Crippen LogP contribution < -0.4 is 10.1 Å². The van der Waals surface area contributed by atoms with Crippen molar-refractivity contribution in [2.24, 2.45) is 0 Å². The smallest absolute Gasteiger partial charge is 0.266 e. The van der Waals surface area contributed by atoms with Gasteiger partial charge in [0.2, 0.25) is 5.91 Å². The fourth-order valence-corrected chi connectivity index (χ4v) is 3.70. The van der Waals surface area contributed by atoms with Gasteiger partial charge in [0.05, 0.1) is 18.3 Å². The molecule has 0 radical (unpaired) electrons. The molecule has 2 aromatic rings. The Labute approximate surface area is 166 Å². The Bertz CT molecular complexity index is 863. The summed E-state index contributed by atoms with van der Waals surface area (Å²) in [5.74, 6) is 0.229. The topological polar surface area (TPSA) is 87.3 Å². The minimum absolute atomic E-state index is 0.0897. The number of benzene rings is 1. The van der Waals surface area contributed by atoms with Crippen molar-refractivity contribution in [3.8, 4) is 5.75 Å². The number of aromatic amines is 1. The minimum Gasteiger partial charge on any atom is -0.497 e. The number of thiocarbonyl (C=S) groups is 1. The van der Waals surface area contributed by atoms with Crippen molar-refractivity contribution in [3.05, 3.63) is 53.0 Å². The highest BCUT2D eigenvalue weighted by Gasteiger charge is 2.33. The molecule has 140 valence electrons. The van der Waals surface area contributed by atoms with Gasteiger partial charge in [-0.15, -0.1) is 0 Å². The lowest BCUT2D eigenvalue weighted by molar-refractivity contribution is -0.128. The van der Waals surface area contributed by atoms with Crippen molar-refractivity contribution in [1.82, 2.24) is 20.2 Å². The number of hydrogen-bond donors (Lipinski definition) is 2. The number of imidazole rings is 1. The second-order valence-corrected chi connectivity index (χ2v) is 7.39. The predicted molar refractivity (Wildman–Crippen MR) is 108 cm³/mol. The highest BCUT2D eigenvalue weighted by Crippen LogP contribution is 2.32. The van der Waals surface area contributed by atoms with Gasteiger partial charge in [0, 0.05) is 24.9 Å². The average molecular weight is 403 g/mol. The fourth-order valence-electron chi connectivity index (χ4n) is 2.45. The highest BCUT2D eigenvalue weighted by atomic mass is 32.2. The van der Waals surface area contributed by atoms with Crippen molar-refractivity contribution >= 4 is 46.2 Å². The molecule has 9 heteroatoms. The number of amides is 2. The van der Waals surface area contributed by atoms with Crippen molar-refractivity contribution in [3.63, 3.8) is 0 Å². The van der Waals surface area contributed by atoms with Gasteiger partial charge >= 0.3 is 0 Å². The van der Waals surface area contributed by atoms with Gasteiger partial charge in [-0.2, -0.15) is 0 Å². The Morgan fingerprint density at radius 2 is 2.19 bits per heavy atom. The number of carbonyl (C=O) groups excluding carboxylic acids is 2. The molecule has 0 saturated carbocycles.